The number of likely N-dealkylation sites (tertiary alicyclic amines) is 1. The predicted molar refractivity (Wildman–Crippen MR) is 70.9 cm³/mol. The molecule has 2 rings (SSSR count). The number of fused-ring (bicyclic) bond motifs is 1. The highest BCUT2D eigenvalue weighted by molar-refractivity contribution is 5.85. The molecule has 2 nitrogen and oxygen atoms in total. The van der Waals surface area contributed by atoms with Crippen LogP contribution in [0.25, 0.3) is 0 Å². The van der Waals surface area contributed by atoms with E-state index in [1.165, 1.54) is 19.3 Å². The van der Waals surface area contributed by atoms with E-state index in [4.69, 9.17) is 0 Å². The molecule has 1 saturated carbocycles. The third-order valence-corrected chi connectivity index (χ3v) is 4.75. The maximum absolute atomic E-state index is 12.4. The number of hydrogen-bond acceptors (Lipinski definition) is 2. The van der Waals surface area contributed by atoms with Crippen LogP contribution in [0, 0.1) is 17.8 Å². The fourth-order valence-electron chi connectivity index (χ4n) is 3.72. The van der Waals surface area contributed by atoms with Gasteiger partial charge in [-0.1, -0.05) is 26.7 Å². The van der Waals surface area contributed by atoms with Gasteiger partial charge in [0.15, 0.2) is 5.78 Å². The van der Waals surface area contributed by atoms with Crippen molar-refractivity contribution in [3.05, 3.63) is 0 Å². The average Bonchev–Trinajstić information content (AvgIpc) is 2.72. The van der Waals surface area contributed by atoms with E-state index < -0.39 is 0 Å². The van der Waals surface area contributed by atoms with Gasteiger partial charge in [-0.25, -0.2) is 0 Å². The van der Waals surface area contributed by atoms with Crippen LogP contribution < -0.4 is 0 Å². The minimum atomic E-state index is 0.180. The van der Waals surface area contributed by atoms with Crippen LogP contribution in [0.1, 0.15) is 53.4 Å². The highest BCUT2D eigenvalue weighted by Crippen LogP contribution is 2.41. The standard InChI is InChI=1S/C15H27NO/c1-10(2)15(17)14-8-12-6-5-7-13(12)9-16(14)11(3)4/h10-14H,5-9H2,1-4H3/t12-,13+,14+/m1/s1. The Balaban J connectivity index is 2.13. The van der Waals surface area contributed by atoms with Gasteiger partial charge in [0.25, 0.3) is 0 Å². The van der Waals surface area contributed by atoms with Crippen LogP contribution in [0.5, 0.6) is 0 Å². The molecule has 0 amide bonds. The van der Waals surface area contributed by atoms with E-state index in [0.29, 0.717) is 11.8 Å². The van der Waals surface area contributed by atoms with Crippen molar-refractivity contribution in [2.45, 2.75) is 65.5 Å². The topological polar surface area (TPSA) is 20.3 Å². The van der Waals surface area contributed by atoms with Gasteiger partial charge in [-0.05, 0) is 38.5 Å². The molecule has 2 heteroatoms. The first kappa shape index (κ1) is 13.1. The van der Waals surface area contributed by atoms with Gasteiger partial charge in [-0.15, -0.1) is 0 Å². The van der Waals surface area contributed by atoms with Crippen molar-refractivity contribution in [2.75, 3.05) is 6.54 Å². The number of Topliss-reactive ketones (excluding diaryl/α,β-unsaturated/α-hetero) is 1. The third kappa shape index (κ3) is 2.57. The van der Waals surface area contributed by atoms with E-state index in [1.54, 1.807) is 0 Å². The highest BCUT2D eigenvalue weighted by Gasteiger charge is 2.41. The normalized spacial score (nSPS) is 34.4. The van der Waals surface area contributed by atoms with Gasteiger partial charge in [-0.2, -0.15) is 0 Å². The monoisotopic (exact) mass is 237 g/mol. The fourth-order valence-corrected chi connectivity index (χ4v) is 3.72. The molecule has 3 atom stereocenters. The summed E-state index contributed by atoms with van der Waals surface area (Å²) in [6.07, 6.45) is 5.25. The van der Waals surface area contributed by atoms with E-state index in [2.05, 4.69) is 18.7 Å². The van der Waals surface area contributed by atoms with Crippen LogP contribution in [0.2, 0.25) is 0 Å². The maximum atomic E-state index is 12.4. The zero-order chi connectivity index (χ0) is 12.6. The van der Waals surface area contributed by atoms with Gasteiger partial charge in [0.1, 0.15) is 0 Å². The van der Waals surface area contributed by atoms with E-state index in [-0.39, 0.29) is 12.0 Å². The zero-order valence-corrected chi connectivity index (χ0v) is 11.8. The first-order valence-corrected chi connectivity index (χ1v) is 7.30. The van der Waals surface area contributed by atoms with Crippen LogP contribution in [0.4, 0.5) is 0 Å². The van der Waals surface area contributed by atoms with Crippen molar-refractivity contribution in [1.82, 2.24) is 4.90 Å². The fraction of sp³-hybridized carbons (Fsp3) is 0.933. The molecule has 0 aromatic rings. The van der Waals surface area contributed by atoms with E-state index >= 15 is 0 Å². The Kier molecular flexibility index (Phi) is 3.92. The number of hydrogen-bond donors (Lipinski definition) is 0. The molecule has 0 radical (unpaired) electrons. The lowest BCUT2D eigenvalue weighted by atomic mass is 9.80. The second-order valence-electron chi connectivity index (χ2n) is 6.55. The summed E-state index contributed by atoms with van der Waals surface area (Å²) < 4.78 is 0. The average molecular weight is 237 g/mol. The molecule has 0 unspecified atom stereocenters. The Bertz CT molecular complexity index is 285. The Morgan fingerprint density at radius 2 is 1.76 bits per heavy atom. The van der Waals surface area contributed by atoms with Crippen molar-refractivity contribution in [2.24, 2.45) is 17.8 Å². The molecular formula is C15H27NO. The molecule has 2 aliphatic rings. The SMILES string of the molecule is CC(C)C(=O)[C@@H]1C[C@H]2CCC[C@H]2CN1C(C)C. The molecule has 98 valence electrons. The molecule has 0 aromatic carbocycles. The minimum absolute atomic E-state index is 0.180. The predicted octanol–water partition coefficient (Wildman–Crippen LogP) is 3.11. The number of nitrogens with zero attached hydrogens (tertiary/aromatic N) is 1. The largest absolute Gasteiger partial charge is 0.298 e. The summed E-state index contributed by atoms with van der Waals surface area (Å²) in [5.74, 6) is 2.34. The molecule has 0 bridgehead atoms. The molecule has 0 N–H and O–H groups in total. The summed E-state index contributed by atoms with van der Waals surface area (Å²) in [4.78, 5) is 14.8. The summed E-state index contributed by atoms with van der Waals surface area (Å²) in [5, 5.41) is 0. The summed E-state index contributed by atoms with van der Waals surface area (Å²) in [6, 6.07) is 0.707. The molecule has 1 aliphatic heterocycles. The molecule has 1 heterocycles. The van der Waals surface area contributed by atoms with E-state index in [9.17, 15) is 4.79 Å². The van der Waals surface area contributed by atoms with Gasteiger partial charge in [-0.3, -0.25) is 9.69 Å². The van der Waals surface area contributed by atoms with Crippen LogP contribution >= 0.6 is 0 Å². The molecule has 1 saturated heterocycles. The van der Waals surface area contributed by atoms with Crippen molar-refractivity contribution < 1.29 is 4.79 Å². The van der Waals surface area contributed by atoms with E-state index in [0.717, 1.165) is 24.8 Å². The lowest BCUT2D eigenvalue weighted by Crippen LogP contribution is -2.53. The Morgan fingerprint density at radius 3 is 2.35 bits per heavy atom. The Morgan fingerprint density at radius 1 is 1.12 bits per heavy atom. The Labute approximate surface area is 106 Å². The molecule has 0 spiro atoms. The lowest BCUT2D eigenvalue weighted by molar-refractivity contribution is -0.131. The summed E-state index contributed by atoms with van der Waals surface area (Å²) >= 11 is 0. The minimum Gasteiger partial charge on any atom is -0.298 e. The van der Waals surface area contributed by atoms with Gasteiger partial charge in [0.2, 0.25) is 0 Å². The van der Waals surface area contributed by atoms with Crippen molar-refractivity contribution >= 4 is 5.78 Å². The van der Waals surface area contributed by atoms with Gasteiger partial charge < -0.3 is 0 Å². The number of ketones is 1. The smallest absolute Gasteiger partial charge is 0.152 e. The Hall–Kier alpha value is -0.370. The molecule has 0 aromatic heterocycles. The van der Waals surface area contributed by atoms with Crippen molar-refractivity contribution in [3.63, 3.8) is 0 Å². The van der Waals surface area contributed by atoms with Gasteiger partial charge in [0.05, 0.1) is 6.04 Å². The summed E-state index contributed by atoms with van der Waals surface area (Å²) in [6.45, 7) is 9.71. The van der Waals surface area contributed by atoms with Crippen molar-refractivity contribution in [1.29, 1.82) is 0 Å². The molecule has 1 aliphatic carbocycles. The second kappa shape index (κ2) is 5.09. The first-order valence-electron chi connectivity index (χ1n) is 7.30. The maximum Gasteiger partial charge on any atom is 0.152 e. The van der Waals surface area contributed by atoms with Crippen LogP contribution in [0.15, 0.2) is 0 Å². The molecule has 2 fully saturated rings. The van der Waals surface area contributed by atoms with Gasteiger partial charge >= 0.3 is 0 Å². The molecular weight excluding hydrogens is 210 g/mol. The number of piperidine rings is 1. The number of carbonyl (C=O) groups excluding carboxylic acids is 1. The van der Waals surface area contributed by atoms with Crippen LogP contribution in [-0.2, 0) is 4.79 Å². The number of rotatable bonds is 3. The highest BCUT2D eigenvalue weighted by atomic mass is 16.1. The second-order valence-corrected chi connectivity index (χ2v) is 6.55. The zero-order valence-electron chi connectivity index (χ0n) is 11.8. The third-order valence-electron chi connectivity index (χ3n) is 4.75. The van der Waals surface area contributed by atoms with Crippen LogP contribution in [0.3, 0.4) is 0 Å². The van der Waals surface area contributed by atoms with Gasteiger partial charge in [0, 0.05) is 18.5 Å². The molecule has 17 heavy (non-hydrogen) atoms. The quantitative estimate of drug-likeness (QED) is 0.751. The van der Waals surface area contributed by atoms with E-state index in [1.807, 2.05) is 13.8 Å². The lowest BCUT2D eigenvalue weighted by Gasteiger charge is -2.44. The van der Waals surface area contributed by atoms with Crippen LogP contribution in [-0.4, -0.2) is 29.3 Å². The van der Waals surface area contributed by atoms with Crippen molar-refractivity contribution in [3.8, 4) is 0 Å². The first-order chi connectivity index (χ1) is 8.00. The number of carbonyl (C=O) groups is 1. The summed E-state index contributed by atoms with van der Waals surface area (Å²) in [7, 11) is 0. The summed E-state index contributed by atoms with van der Waals surface area (Å²) in [5.41, 5.74) is 0.